The van der Waals surface area contributed by atoms with Crippen LogP contribution in [0.1, 0.15) is 33.3 Å². The summed E-state index contributed by atoms with van der Waals surface area (Å²) in [5.41, 5.74) is -0.279. The summed E-state index contributed by atoms with van der Waals surface area (Å²) in [4.78, 5) is 23.9. The Kier molecular flexibility index (Phi) is 5.55. The van der Waals surface area contributed by atoms with Crippen molar-refractivity contribution >= 4 is 29.1 Å². The minimum Gasteiger partial charge on any atom is -0.507 e. The number of ketones is 1. The third kappa shape index (κ3) is 4.33. The SMILES string of the molecule is CCOC(=O)C(=O)C(=C(O)c1ccc(Cl)cc1)C(C)(C)C. The Hall–Kier alpha value is -1.81. The molecule has 0 heterocycles. The Bertz CT molecular complexity index is 565. The van der Waals surface area contributed by atoms with Gasteiger partial charge in [0, 0.05) is 10.6 Å². The van der Waals surface area contributed by atoms with Crippen molar-refractivity contribution < 1.29 is 19.4 Å². The fraction of sp³-hybridized carbons (Fsp3) is 0.375. The molecule has 1 aromatic rings. The van der Waals surface area contributed by atoms with Gasteiger partial charge in [-0.15, -0.1) is 0 Å². The molecule has 0 amide bonds. The van der Waals surface area contributed by atoms with Gasteiger partial charge in [0.05, 0.1) is 12.2 Å². The van der Waals surface area contributed by atoms with Gasteiger partial charge >= 0.3 is 5.97 Å². The summed E-state index contributed by atoms with van der Waals surface area (Å²) in [5, 5.41) is 10.9. The van der Waals surface area contributed by atoms with E-state index in [4.69, 9.17) is 16.3 Å². The summed E-state index contributed by atoms with van der Waals surface area (Å²) in [5.74, 6) is -2.04. The normalized spacial score (nSPS) is 12.6. The van der Waals surface area contributed by atoms with E-state index in [1.54, 1.807) is 52.0 Å². The molecule has 5 heteroatoms. The Morgan fingerprint density at radius 1 is 1.19 bits per heavy atom. The third-order valence-electron chi connectivity index (χ3n) is 2.79. The standard InChI is InChI=1S/C16H19ClO4/c1-5-21-15(20)14(19)12(16(2,3)4)13(18)10-6-8-11(17)9-7-10/h6-9,18H,5H2,1-4H3. The third-order valence-corrected chi connectivity index (χ3v) is 3.04. The highest BCUT2D eigenvalue weighted by atomic mass is 35.5. The van der Waals surface area contributed by atoms with Gasteiger partial charge in [-0.1, -0.05) is 32.4 Å². The van der Waals surface area contributed by atoms with Gasteiger partial charge in [-0.05, 0) is 36.6 Å². The molecule has 0 aliphatic rings. The number of aliphatic hydroxyl groups is 1. The molecule has 0 aromatic heterocycles. The first-order valence-electron chi connectivity index (χ1n) is 6.59. The molecule has 0 aliphatic carbocycles. The molecule has 1 aromatic carbocycles. The van der Waals surface area contributed by atoms with Crippen molar-refractivity contribution in [1.29, 1.82) is 0 Å². The molecule has 0 bridgehead atoms. The molecule has 0 saturated carbocycles. The second kappa shape index (κ2) is 6.76. The molecule has 0 atom stereocenters. The fourth-order valence-corrected chi connectivity index (χ4v) is 1.98. The van der Waals surface area contributed by atoms with Crippen LogP contribution in [0.15, 0.2) is 29.8 Å². The van der Waals surface area contributed by atoms with Gasteiger partial charge in [-0.3, -0.25) is 4.79 Å². The molecule has 4 nitrogen and oxygen atoms in total. The number of carbonyl (C=O) groups excluding carboxylic acids is 2. The number of hydrogen-bond donors (Lipinski definition) is 1. The van der Waals surface area contributed by atoms with Gasteiger partial charge < -0.3 is 9.84 Å². The van der Waals surface area contributed by atoms with Crippen LogP contribution in [0.2, 0.25) is 5.02 Å². The zero-order valence-electron chi connectivity index (χ0n) is 12.6. The van der Waals surface area contributed by atoms with E-state index in [0.717, 1.165) is 0 Å². The number of Topliss-reactive ketones (excluding diaryl/α,β-unsaturated/α-hetero) is 1. The van der Waals surface area contributed by atoms with Crippen LogP contribution < -0.4 is 0 Å². The molecule has 114 valence electrons. The number of halogens is 1. The average molecular weight is 311 g/mol. The van der Waals surface area contributed by atoms with E-state index in [-0.39, 0.29) is 17.9 Å². The minimum absolute atomic E-state index is 0.0169. The Morgan fingerprint density at radius 2 is 1.71 bits per heavy atom. The second-order valence-electron chi connectivity index (χ2n) is 5.53. The van der Waals surface area contributed by atoms with Crippen molar-refractivity contribution in [2.24, 2.45) is 5.41 Å². The highest BCUT2D eigenvalue weighted by molar-refractivity contribution is 6.42. The quantitative estimate of drug-likeness (QED) is 0.398. The largest absolute Gasteiger partial charge is 0.507 e. The fourth-order valence-electron chi connectivity index (χ4n) is 1.85. The summed E-state index contributed by atoms with van der Waals surface area (Å²) in [6.07, 6.45) is 0. The van der Waals surface area contributed by atoms with Gasteiger partial charge in [0.25, 0.3) is 5.78 Å². The van der Waals surface area contributed by atoms with Gasteiger partial charge in [0.1, 0.15) is 5.76 Å². The molecule has 0 saturated heterocycles. The highest BCUT2D eigenvalue weighted by Gasteiger charge is 2.33. The molecule has 0 fully saturated rings. The molecule has 1 N–H and O–H groups in total. The van der Waals surface area contributed by atoms with Gasteiger partial charge in [0.15, 0.2) is 0 Å². The molecule has 0 radical (unpaired) electrons. The smallest absolute Gasteiger partial charge is 0.379 e. The van der Waals surface area contributed by atoms with E-state index >= 15 is 0 Å². The zero-order chi connectivity index (χ0) is 16.2. The summed E-state index contributed by atoms with van der Waals surface area (Å²) in [6.45, 7) is 6.94. The summed E-state index contributed by atoms with van der Waals surface area (Å²) >= 11 is 5.80. The maximum atomic E-state index is 12.2. The van der Waals surface area contributed by atoms with E-state index in [1.807, 2.05) is 0 Å². The van der Waals surface area contributed by atoms with Crippen molar-refractivity contribution in [2.45, 2.75) is 27.7 Å². The van der Waals surface area contributed by atoms with Gasteiger partial charge in [-0.25, -0.2) is 4.79 Å². The summed E-state index contributed by atoms with van der Waals surface area (Å²) in [6, 6.07) is 6.37. The number of carbonyl (C=O) groups is 2. The Labute approximate surface area is 129 Å². The lowest BCUT2D eigenvalue weighted by atomic mass is 9.81. The first kappa shape index (κ1) is 17.2. The lowest BCUT2D eigenvalue weighted by Gasteiger charge is -2.22. The van der Waals surface area contributed by atoms with Crippen LogP contribution in [0.25, 0.3) is 5.76 Å². The van der Waals surface area contributed by atoms with Gasteiger partial charge in [0.2, 0.25) is 0 Å². The molecule has 0 aliphatic heterocycles. The van der Waals surface area contributed by atoms with Crippen LogP contribution in [-0.4, -0.2) is 23.5 Å². The van der Waals surface area contributed by atoms with E-state index in [1.165, 1.54) is 0 Å². The predicted octanol–water partition coefficient (Wildman–Crippen LogP) is 3.79. The minimum atomic E-state index is -0.970. The van der Waals surface area contributed by atoms with Crippen LogP contribution in [0.3, 0.4) is 0 Å². The summed E-state index contributed by atoms with van der Waals surface area (Å²) < 4.78 is 4.73. The zero-order valence-corrected chi connectivity index (χ0v) is 13.3. The number of hydrogen-bond acceptors (Lipinski definition) is 4. The van der Waals surface area contributed by atoms with Gasteiger partial charge in [-0.2, -0.15) is 0 Å². The van der Waals surface area contributed by atoms with Crippen molar-refractivity contribution in [3.05, 3.63) is 40.4 Å². The molecular formula is C16H19ClO4. The van der Waals surface area contributed by atoms with Crippen LogP contribution in [0.4, 0.5) is 0 Å². The topological polar surface area (TPSA) is 63.6 Å². The summed E-state index contributed by atoms with van der Waals surface area (Å²) in [7, 11) is 0. The maximum Gasteiger partial charge on any atom is 0.379 e. The van der Waals surface area contributed by atoms with E-state index in [9.17, 15) is 14.7 Å². The van der Waals surface area contributed by atoms with E-state index in [2.05, 4.69) is 0 Å². The Balaban J connectivity index is 3.36. The van der Waals surface area contributed by atoms with Crippen LogP contribution in [-0.2, 0) is 14.3 Å². The highest BCUT2D eigenvalue weighted by Crippen LogP contribution is 2.32. The number of esters is 1. The van der Waals surface area contributed by atoms with Crippen molar-refractivity contribution in [2.75, 3.05) is 6.61 Å². The molecule has 21 heavy (non-hydrogen) atoms. The van der Waals surface area contributed by atoms with Crippen LogP contribution in [0.5, 0.6) is 0 Å². The average Bonchev–Trinajstić information content (AvgIpc) is 2.38. The lowest BCUT2D eigenvalue weighted by Crippen LogP contribution is -2.28. The van der Waals surface area contributed by atoms with E-state index < -0.39 is 17.2 Å². The lowest BCUT2D eigenvalue weighted by molar-refractivity contribution is -0.152. The second-order valence-corrected chi connectivity index (χ2v) is 5.97. The first-order chi connectivity index (χ1) is 9.68. The van der Waals surface area contributed by atoms with Crippen LogP contribution in [0, 0.1) is 5.41 Å². The van der Waals surface area contributed by atoms with Crippen molar-refractivity contribution in [3.63, 3.8) is 0 Å². The Morgan fingerprint density at radius 3 is 2.14 bits per heavy atom. The number of ether oxygens (including phenoxy) is 1. The molecule has 0 unspecified atom stereocenters. The van der Waals surface area contributed by atoms with Crippen LogP contribution >= 0.6 is 11.6 Å². The molecule has 1 rings (SSSR count). The molecular weight excluding hydrogens is 292 g/mol. The first-order valence-corrected chi connectivity index (χ1v) is 6.97. The number of rotatable bonds is 4. The maximum absolute atomic E-state index is 12.2. The number of benzene rings is 1. The van der Waals surface area contributed by atoms with E-state index in [0.29, 0.717) is 10.6 Å². The number of aliphatic hydroxyl groups excluding tert-OH is 1. The monoisotopic (exact) mass is 310 g/mol. The molecule has 0 spiro atoms. The predicted molar refractivity (Wildman–Crippen MR) is 82.1 cm³/mol. The van der Waals surface area contributed by atoms with Crippen molar-refractivity contribution in [1.82, 2.24) is 0 Å². The van der Waals surface area contributed by atoms with Crippen molar-refractivity contribution in [3.8, 4) is 0 Å².